The van der Waals surface area contributed by atoms with Crippen LogP contribution in [0.3, 0.4) is 0 Å². The number of carboxylic acids is 1. The van der Waals surface area contributed by atoms with Gasteiger partial charge in [-0.2, -0.15) is 0 Å². The molecule has 1 radical (unpaired) electrons. The first-order valence-corrected chi connectivity index (χ1v) is 3.88. The van der Waals surface area contributed by atoms with Crippen molar-refractivity contribution in [2.75, 3.05) is 6.54 Å². The number of phenolic OH excluding ortho intramolecular Hbond substituents is 1. The van der Waals surface area contributed by atoms with Gasteiger partial charge in [-0.05, 0) is 18.2 Å². The molecule has 0 heterocycles. The van der Waals surface area contributed by atoms with Crippen LogP contribution < -0.4 is 5.32 Å². The summed E-state index contributed by atoms with van der Waals surface area (Å²) >= 11 is 0. The van der Waals surface area contributed by atoms with E-state index in [4.69, 9.17) is 10.2 Å². The van der Waals surface area contributed by atoms with Crippen LogP contribution in [-0.4, -0.2) is 28.6 Å². The number of hydrogen-bond acceptors (Lipinski definition) is 3. The standard InChI is InChI=1S/C9H9NO4.Tc/c11-7-3-1-2-6(4-7)9(14)10-5-8(12)13;/h1-4,11H,5H2,(H,10,14)(H,12,13);/i;1+1. The smallest absolute Gasteiger partial charge is 0.322 e. The molecule has 0 atom stereocenters. The van der Waals surface area contributed by atoms with E-state index < -0.39 is 18.4 Å². The van der Waals surface area contributed by atoms with Crippen LogP contribution in [0.2, 0.25) is 0 Å². The third-order valence-electron chi connectivity index (χ3n) is 1.51. The summed E-state index contributed by atoms with van der Waals surface area (Å²) in [6, 6.07) is 5.67. The van der Waals surface area contributed by atoms with Crippen LogP contribution >= 0.6 is 0 Å². The fraction of sp³-hybridized carbons (Fsp3) is 0.111. The summed E-state index contributed by atoms with van der Waals surface area (Å²) in [6.07, 6.45) is 0. The number of amides is 1. The van der Waals surface area contributed by atoms with Crippen LogP contribution in [0.5, 0.6) is 5.75 Å². The van der Waals surface area contributed by atoms with E-state index in [-0.39, 0.29) is 31.4 Å². The van der Waals surface area contributed by atoms with E-state index in [9.17, 15) is 9.59 Å². The minimum atomic E-state index is -1.11. The summed E-state index contributed by atoms with van der Waals surface area (Å²) in [5, 5.41) is 19.5. The zero-order valence-corrected chi connectivity index (χ0v) is 9.46. The molecule has 0 aliphatic carbocycles. The SMILES string of the molecule is O=C(O)CNC(=O)c1cccc(O)c1.[99Tc]. The summed E-state index contributed by atoms with van der Waals surface area (Å²) in [6.45, 7) is -0.436. The second-order valence-corrected chi connectivity index (χ2v) is 2.63. The molecule has 0 aliphatic heterocycles. The Balaban J connectivity index is 0.00000196. The van der Waals surface area contributed by atoms with E-state index in [1.54, 1.807) is 0 Å². The minimum Gasteiger partial charge on any atom is -0.508 e. The number of aromatic hydroxyl groups is 1. The molecule has 0 saturated heterocycles. The van der Waals surface area contributed by atoms with Gasteiger partial charge in [-0.15, -0.1) is 0 Å². The van der Waals surface area contributed by atoms with Crippen molar-refractivity contribution in [3.05, 3.63) is 29.8 Å². The molecule has 3 N–H and O–H groups in total. The molecule has 15 heavy (non-hydrogen) atoms. The summed E-state index contributed by atoms with van der Waals surface area (Å²) < 4.78 is 0. The first kappa shape index (κ1) is 13.6. The van der Waals surface area contributed by atoms with E-state index in [1.165, 1.54) is 24.3 Å². The van der Waals surface area contributed by atoms with Gasteiger partial charge in [0.05, 0.1) is 0 Å². The monoisotopic (exact) mass is 294 g/mol. The number of phenols is 1. The van der Waals surface area contributed by atoms with Crippen molar-refractivity contribution in [3.63, 3.8) is 0 Å². The average molecular weight is 294 g/mol. The van der Waals surface area contributed by atoms with Gasteiger partial charge in [0.1, 0.15) is 12.3 Å². The number of aliphatic carboxylic acids is 1. The molecular weight excluding hydrogens is 285 g/mol. The van der Waals surface area contributed by atoms with Crippen LogP contribution in [0.1, 0.15) is 10.4 Å². The van der Waals surface area contributed by atoms with Crippen molar-refractivity contribution in [2.24, 2.45) is 0 Å². The molecule has 6 heteroatoms. The quantitative estimate of drug-likeness (QED) is 0.743. The van der Waals surface area contributed by atoms with Crippen LogP contribution in [0, 0.1) is 0 Å². The molecule has 0 aromatic heterocycles. The molecule has 0 aliphatic rings. The topological polar surface area (TPSA) is 86.6 Å². The number of nitrogens with one attached hydrogen (secondary N) is 1. The molecule has 0 fully saturated rings. The molecule has 81 valence electrons. The van der Waals surface area contributed by atoms with Gasteiger partial charge in [-0.25, -0.2) is 0 Å². The first-order chi connectivity index (χ1) is 6.59. The van der Waals surface area contributed by atoms with Gasteiger partial charge < -0.3 is 15.5 Å². The Labute approximate surface area is 99.5 Å². The number of hydrogen-bond donors (Lipinski definition) is 3. The van der Waals surface area contributed by atoms with E-state index in [0.29, 0.717) is 0 Å². The molecule has 5 nitrogen and oxygen atoms in total. The molecular formula is C9H9NO4Tc. The molecule has 0 spiro atoms. The summed E-state index contributed by atoms with van der Waals surface area (Å²) in [5.41, 5.74) is 0.228. The zero-order valence-electron chi connectivity index (χ0n) is 7.61. The second-order valence-electron chi connectivity index (χ2n) is 2.63. The van der Waals surface area contributed by atoms with Gasteiger partial charge >= 0.3 is 5.97 Å². The number of rotatable bonds is 3. The average Bonchev–Trinajstić information content (AvgIpc) is 2.14. The van der Waals surface area contributed by atoms with E-state index in [1.807, 2.05) is 0 Å². The van der Waals surface area contributed by atoms with Gasteiger partial charge in [-0.1, -0.05) is 6.07 Å². The normalized spacial score (nSPS) is 8.80. The predicted molar refractivity (Wildman–Crippen MR) is 48.1 cm³/mol. The fourth-order valence-electron chi connectivity index (χ4n) is 0.905. The van der Waals surface area contributed by atoms with Gasteiger partial charge in [0, 0.05) is 25.7 Å². The van der Waals surface area contributed by atoms with E-state index in [0.717, 1.165) is 0 Å². The Bertz CT molecular complexity index is 367. The van der Waals surface area contributed by atoms with Gasteiger partial charge in [0.15, 0.2) is 0 Å². The number of carbonyl (C=O) groups is 2. The Morgan fingerprint density at radius 1 is 1.33 bits per heavy atom. The van der Waals surface area contributed by atoms with Crippen molar-refractivity contribution >= 4 is 11.9 Å². The van der Waals surface area contributed by atoms with Crippen molar-refractivity contribution in [1.29, 1.82) is 0 Å². The van der Waals surface area contributed by atoms with Crippen LogP contribution in [0.4, 0.5) is 0 Å². The Morgan fingerprint density at radius 2 is 2.00 bits per heavy atom. The number of carboxylic acid groups (broad SMARTS) is 1. The molecule has 1 aromatic rings. The first-order valence-electron chi connectivity index (χ1n) is 3.88. The van der Waals surface area contributed by atoms with Crippen molar-refractivity contribution < 1.29 is 39.9 Å². The Hall–Kier alpha value is -1.39. The summed E-state index contributed by atoms with van der Waals surface area (Å²) in [5.74, 6) is -1.67. The molecule has 0 saturated carbocycles. The second kappa shape index (κ2) is 6.16. The summed E-state index contributed by atoms with van der Waals surface area (Å²) in [7, 11) is 0. The van der Waals surface area contributed by atoms with Gasteiger partial charge in [0.25, 0.3) is 5.91 Å². The maximum absolute atomic E-state index is 11.2. The van der Waals surface area contributed by atoms with E-state index >= 15 is 0 Å². The van der Waals surface area contributed by atoms with Gasteiger partial charge in [0.2, 0.25) is 0 Å². The molecule has 0 bridgehead atoms. The van der Waals surface area contributed by atoms with Crippen molar-refractivity contribution in [1.82, 2.24) is 5.32 Å². The zero-order chi connectivity index (χ0) is 10.6. The third kappa shape index (κ3) is 4.58. The molecule has 0 unspecified atom stereocenters. The fourth-order valence-corrected chi connectivity index (χ4v) is 0.905. The Kier molecular flexibility index (Phi) is 5.59. The van der Waals surface area contributed by atoms with E-state index in [2.05, 4.69) is 5.32 Å². The third-order valence-corrected chi connectivity index (χ3v) is 1.51. The van der Waals surface area contributed by atoms with Crippen LogP contribution in [-0.2, 0) is 24.9 Å². The number of benzene rings is 1. The molecule has 1 amide bonds. The van der Waals surface area contributed by atoms with Crippen LogP contribution in [0.15, 0.2) is 24.3 Å². The maximum Gasteiger partial charge on any atom is 0.322 e. The summed E-state index contributed by atoms with van der Waals surface area (Å²) in [4.78, 5) is 21.4. The van der Waals surface area contributed by atoms with Gasteiger partial charge in [-0.3, -0.25) is 9.59 Å². The largest absolute Gasteiger partial charge is 0.508 e. The predicted octanol–water partition coefficient (Wildman–Crippen LogP) is 0.204. The minimum absolute atomic E-state index is 0. The molecule has 1 rings (SSSR count). The number of carbonyl (C=O) groups excluding carboxylic acids is 1. The molecule has 1 aromatic carbocycles. The van der Waals surface area contributed by atoms with Crippen molar-refractivity contribution in [2.45, 2.75) is 0 Å². The van der Waals surface area contributed by atoms with Crippen molar-refractivity contribution in [3.8, 4) is 5.75 Å². The Morgan fingerprint density at radius 3 is 2.53 bits per heavy atom. The van der Waals surface area contributed by atoms with Crippen LogP contribution in [0.25, 0.3) is 0 Å². The maximum atomic E-state index is 11.2.